The van der Waals surface area contributed by atoms with Gasteiger partial charge in [-0.3, -0.25) is 0 Å². The molecule has 0 amide bonds. The summed E-state index contributed by atoms with van der Waals surface area (Å²) in [5, 5.41) is 8.52. The largest absolute Gasteiger partial charge is 0.396 e. The first-order valence-corrected chi connectivity index (χ1v) is 14.8. The summed E-state index contributed by atoms with van der Waals surface area (Å²) in [6.07, 6.45) is 20.9. The highest BCUT2D eigenvalue weighted by atomic mass is 79.9. The van der Waals surface area contributed by atoms with Crippen molar-refractivity contribution in [1.82, 2.24) is 0 Å². The van der Waals surface area contributed by atoms with Crippen LogP contribution in [-0.4, -0.2) is 17.0 Å². The summed E-state index contributed by atoms with van der Waals surface area (Å²) in [5.74, 6) is 6.11. The average Bonchev–Trinajstić information content (AvgIpc) is 3.11. The number of aliphatic hydroxyl groups is 1. The minimum Gasteiger partial charge on any atom is -0.396 e. The molecule has 8 unspecified atom stereocenters. The van der Waals surface area contributed by atoms with Crippen LogP contribution in [0.3, 0.4) is 0 Å². The molecule has 1 N–H and O–H groups in total. The number of alkyl halides is 1. The van der Waals surface area contributed by atoms with Crippen LogP contribution in [0.4, 0.5) is 0 Å². The molecule has 0 aromatic rings. The number of hydrogen-bond donors (Lipinski definition) is 1. The Hall–Kier alpha value is -0.0800. The number of rotatable bonds is 6. The second kappa shape index (κ2) is 11.1. The Morgan fingerprint density at radius 1 is 1.09 bits per heavy atom. The minimum absolute atomic E-state index is 0.236. The number of halogens is 1. The van der Waals surface area contributed by atoms with Gasteiger partial charge >= 0.3 is 0 Å². The van der Waals surface area contributed by atoms with Gasteiger partial charge in [-0.05, 0) is 90.8 Å². The van der Waals surface area contributed by atoms with Gasteiger partial charge in [0.05, 0.1) is 6.61 Å². The van der Waals surface area contributed by atoms with Crippen molar-refractivity contribution in [2.75, 3.05) is 11.9 Å². The first-order chi connectivity index (χ1) is 15.2. The van der Waals surface area contributed by atoms with Gasteiger partial charge in [-0.25, -0.2) is 0 Å². The van der Waals surface area contributed by atoms with Crippen LogP contribution in [-0.2, 0) is 0 Å². The third kappa shape index (κ3) is 5.27. The van der Waals surface area contributed by atoms with Gasteiger partial charge in [0.25, 0.3) is 0 Å². The molecule has 4 rings (SSSR count). The fourth-order valence-electron chi connectivity index (χ4n) is 8.20. The number of aliphatic hydroxyl groups excluding tert-OH is 1. The van der Waals surface area contributed by atoms with Crippen LogP contribution in [0.15, 0.2) is 23.8 Å². The third-order valence-corrected chi connectivity index (χ3v) is 10.4. The summed E-state index contributed by atoms with van der Waals surface area (Å²) in [4.78, 5) is 0. The van der Waals surface area contributed by atoms with Gasteiger partial charge in [0.15, 0.2) is 0 Å². The maximum Gasteiger partial charge on any atom is 0.0528 e. The second-order valence-electron chi connectivity index (χ2n) is 12.7. The first-order valence-electron chi connectivity index (χ1n) is 13.7. The summed E-state index contributed by atoms with van der Waals surface area (Å²) >= 11 is 3.00. The topological polar surface area (TPSA) is 20.2 Å². The molecule has 2 heteroatoms. The van der Waals surface area contributed by atoms with Crippen LogP contribution >= 0.6 is 15.9 Å². The summed E-state index contributed by atoms with van der Waals surface area (Å²) in [5.41, 5.74) is 2.89. The lowest BCUT2D eigenvalue weighted by atomic mass is 9.46. The molecule has 2 fully saturated rings. The summed E-state index contributed by atoms with van der Waals surface area (Å²) in [7, 11) is 0. The second-order valence-corrected chi connectivity index (χ2v) is 13.5. The maximum absolute atomic E-state index is 7.83. The van der Waals surface area contributed by atoms with Gasteiger partial charge < -0.3 is 5.11 Å². The van der Waals surface area contributed by atoms with Crippen LogP contribution in [0.2, 0.25) is 0 Å². The lowest BCUT2D eigenvalue weighted by Gasteiger charge is -2.58. The fraction of sp³-hybridized carbons (Fsp3) is 0.867. The molecule has 0 aromatic carbocycles. The molecule has 4 aliphatic rings. The van der Waals surface area contributed by atoms with Crippen LogP contribution in [0, 0.1) is 52.3 Å². The highest BCUT2D eigenvalue weighted by molar-refractivity contribution is 9.09. The third-order valence-electron chi connectivity index (χ3n) is 10.1. The summed E-state index contributed by atoms with van der Waals surface area (Å²) in [6, 6.07) is 0. The molecule has 184 valence electrons. The Kier molecular flexibility index (Phi) is 9.21. The summed E-state index contributed by atoms with van der Waals surface area (Å²) < 4.78 is 0. The molecule has 0 radical (unpaired) electrons. The fourth-order valence-corrected chi connectivity index (χ4v) is 8.20. The van der Waals surface area contributed by atoms with Crippen molar-refractivity contribution in [2.24, 2.45) is 52.3 Å². The molecular weight excluding hydrogens is 456 g/mol. The molecule has 0 saturated heterocycles. The Balaban J connectivity index is 0.000000668. The van der Waals surface area contributed by atoms with E-state index in [1.165, 1.54) is 57.8 Å². The molecule has 32 heavy (non-hydrogen) atoms. The maximum atomic E-state index is 7.83. The van der Waals surface area contributed by atoms with Gasteiger partial charge in [0.2, 0.25) is 0 Å². The quantitative estimate of drug-likeness (QED) is 0.281. The van der Waals surface area contributed by atoms with E-state index in [4.69, 9.17) is 5.11 Å². The molecule has 4 aliphatic carbocycles. The van der Waals surface area contributed by atoms with E-state index in [1.54, 1.807) is 0 Å². The SMILES string of the molecule is CC(C)CCCC(C)C1C=CC2C3CC=C4CC(C)CCC4(C)C3CCC12C.OCCBr. The molecule has 0 aliphatic heterocycles. The molecule has 0 heterocycles. The minimum atomic E-state index is 0.236. The molecular formula is C30H51BrO. The van der Waals surface area contributed by atoms with Crippen molar-refractivity contribution in [3.8, 4) is 0 Å². The van der Waals surface area contributed by atoms with Crippen LogP contribution in [0.1, 0.15) is 99.3 Å². The predicted molar refractivity (Wildman–Crippen MR) is 143 cm³/mol. The predicted octanol–water partition coefficient (Wildman–Crippen LogP) is 8.81. The molecule has 1 nitrogen and oxygen atoms in total. The van der Waals surface area contributed by atoms with Crippen molar-refractivity contribution in [3.63, 3.8) is 0 Å². The molecule has 8 atom stereocenters. The van der Waals surface area contributed by atoms with Crippen LogP contribution in [0.5, 0.6) is 0 Å². The van der Waals surface area contributed by atoms with Crippen molar-refractivity contribution in [2.45, 2.75) is 99.3 Å². The zero-order chi connectivity index (χ0) is 23.5. The van der Waals surface area contributed by atoms with Crippen LogP contribution < -0.4 is 0 Å². The van der Waals surface area contributed by atoms with Crippen molar-refractivity contribution >= 4 is 15.9 Å². The first kappa shape index (κ1) is 26.5. The van der Waals surface area contributed by atoms with E-state index in [-0.39, 0.29) is 6.61 Å². The molecule has 2 saturated carbocycles. The van der Waals surface area contributed by atoms with Gasteiger partial charge in [-0.15, -0.1) is 0 Å². The lowest BCUT2D eigenvalue weighted by Crippen LogP contribution is -2.50. The van der Waals surface area contributed by atoms with Crippen molar-refractivity contribution in [3.05, 3.63) is 23.8 Å². The zero-order valence-electron chi connectivity index (χ0n) is 21.9. The number of fused-ring (bicyclic) bond motifs is 5. The van der Waals surface area contributed by atoms with E-state index in [1.807, 2.05) is 5.57 Å². The number of hydrogen-bond acceptors (Lipinski definition) is 1. The Morgan fingerprint density at radius 3 is 2.47 bits per heavy atom. The highest BCUT2D eigenvalue weighted by Gasteiger charge is 2.57. The zero-order valence-corrected chi connectivity index (χ0v) is 23.5. The summed E-state index contributed by atoms with van der Waals surface area (Å²) in [6.45, 7) is 15.3. The molecule has 0 aromatic heterocycles. The lowest BCUT2D eigenvalue weighted by molar-refractivity contribution is -0.0425. The Morgan fingerprint density at radius 2 is 1.81 bits per heavy atom. The molecule has 0 spiro atoms. The van der Waals surface area contributed by atoms with E-state index in [0.29, 0.717) is 16.2 Å². The number of allylic oxidation sites excluding steroid dienone is 4. The van der Waals surface area contributed by atoms with Gasteiger partial charge in [-0.2, -0.15) is 0 Å². The Labute approximate surface area is 208 Å². The monoisotopic (exact) mass is 506 g/mol. The van der Waals surface area contributed by atoms with E-state index in [0.717, 1.165) is 41.4 Å². The van der Waals surface area contributed by atoms with Gasteiger partial charge in [0.1, 0.15) is 0 Å². The molecule has 0 bridgehead atoms. The van der Waals surface area contributed by atoms with Crippen molar-refractivity contribution in [1.29, 1.82) is 0 Å². The Bertz CT molecular complexity index is 664. The van der Waals surface area contributed by atoms with E-state index in [2.05, 4.69) is 75.7 Å². The van der Waals surface area contributed by atoms with Gasteiger partial charge in [-0.1, -0.05) is 101 Å². The normalized spacial score (nSPS) is 41.2. The van der Waals surface area contributed by atoms with E-state index in [9.17, 15) is 0 Å². The average molecular weight is 508 g/mol. The highest BCUT2D eigenvalue weighted by Crippen LogP contribution is 2.65. The smallest absolute Gasteiger partial charge is 0.0528 e. The van der Waals surface area contributed by atoms with Gasteiger partial charge in [0, 0.05) is 5.33 Å². The van der Waals surface area contributed by atoms with Crippen molar-refractivity contribution < 1.29 is 5.11 Å². The standard InChI is InChI=1S/C28H46.C2H5BrO/c1-19(2)8-7-9-21(4)24-12-13-25-23-11-10-22-18-20(3)14-16-27(22,5)26(23)15-17-28(24,25)6;3-1-2-4/h10,12-13,19-21,23-26H,7-9,11,14-18H2,1-6H3;4H,1-2H2. The van der Waals surface area contributed by atoms with Crippen LogP contribution in [0.25, 0.3) is 0 Å². The van der Waals surface area contributed by atoms with E-state index < -0.39 is 0 Å². The van der Waals surface area contributed by atoms with E-state index >= 15 is 0 Å².